The first-order valence-corrected chi connectivity index (χ1v) is 5.46. The molecule has 0 amide bonds. The average Bonchev–Trinajstić information content (AvgIpc) is 2.34. The van der Waals surface area contributed by atoms with E-state index in [1.807, 2.05) is 0 Å². The van der Waals surface area contributed by atoms with Gasteiger partial charge >= 0.3 is 76.8 Å². The molecule has 2 rings (SSSR count). The molecule has 4 heteroatoms. The fourth-order valence-electron chi connectivity index (χ4n) is 1.07. The summed E-state index contributed by atoms with van der Waals surface area (Å²) in [6, 6.07) is 8.68. The van der Waals surface area contributed by atoms with Crippen LogP contribution in [0.2, 0.25) is 0 Å². The molecule has 0 fully saturated rings. The number of rotatable bonds is 0. The Morgan fingerprint density at radius 1 is 1.08 bits per heavy atom. The van der Waals surface area contributed by atoms with E-state index < -0.39 is 0 Å². The van der Waals surface area contributed by atoms with Gasteiger partial charge in [0.15, 0.2) is 0 Å². The van der Waals surface area contributed by atoms with Crippen LogP contribution < -0.4 is 28.1 Å². The second-order valence-corrected chi connectivity index (χ2v) is 4.69. The van der Waals surface area contributed by atoms with E-state index in [2.05, 4.69) is 30.1 Å². The third-order valence-corrected chi connectivity index (χ3v) is 4.50. The van der Waals surface area contributed by atoms with Gasteiger partial charge in [-0.2, -0.15) is 0 Å². The second kappa shape index (κ2) is 5.45. The molecule has 61 valence electrons. The molecule has 0 saturated heterocycles. The van der Waals surface area contributed by atoms with Crippen molar-refractivity contribution in [3.8, 4) is 0 Å². The Kier molecular flexibility index (Phi) is 5.78. The van der Waals surface area contributed by atoms with Gasteiger partial charge in [0.25, 0.3) is 0 Å². The summed E-state index contributed by atoms with van der Waals surface area (Å²) in [4.78, 5) is 0. The molecule has 1 atom stereocenters. The molecule has 0 nitrogen and oxygen atoms in total. The van der Waals surface area contributed by atoms with E-state index in [1.165, 1.54) is 13.8 Å². The van der Waals surface area contributed by atoms with Crippen molar-refractivity contribution >= 4 is 22.0 Å². The topological polar surface area (TPSA) is 0 Å². The molecule has 12 heavy (non-hydrogen) atoms. The number of benzene rings is 1. The second-order valence-electron chi connectivity index (χ2n) is 2.25. The summed E-state index contributed by atoms with van der Waals surface area (Å²) in [6.45, 7) is 0. The average molecular weight is 295 g/mol. The van der Waals surface area contributed by atoms with Gasteiger partial charge in [0.2, 0.25) is 0 Å². The van der Waals surface area contributed by atoms with Crippen LogP contribution in [0.15, 0.2) is 30.1 Å². The van der Waals surface area contributed by atoms with Gasteiger partial charge in [0, 0.05) is 0 Å². The van der Waals surface area contributed by atoms with E-state index in [4.69, 9.17) is 0 Å². The number of hydrogen-bond donors (Lipinski definition) is 0. The maximum atomic E-state index is 2.35. The standard InChI is InChI=1S/C8H6P.2ClH.Zr/c1-2-4-8-7(3-1)5-6-9-8;;;/h1-4,6,9H;2*1H;/q;;;+2/p-2. The molecular weight excluding hydrogens is 289 g/mol. The summed E-state index contributed by atoms with van der Waals surface area (Å²) in [5, 5.41) is 3.01. The Hall–Kier alpha value is 0.723. The van der Waals surface area contributed by atoms with E-state index in [0.717, 1.165) is 8.19 Å². The summed E-state index contributed by atoms with van der Waals surface area (Å²) in [6.07, 6.45) is 0. The fourth-order valence-corrected chi connectivity index (χ4v) is 3.47. The Bertz CT molecular complexity index is 359. The van der Waals surface area contributed by atoms with Crippen molar-refractivity contribution in [2.24, 2.45) is 0 Å². The van der Waals surface area contributed by atoms with Gasteiger partial charge in [-0.15, -0.1) is 0 Å². The van der Waals surface area contributed by atoms with Gasteiger partial charge in [0.05, 0.1) is 0 Å². The van der Waals surface area contributed by atoms with Crippen LogP contribution in [0.4, 0.5) is 0 Å². The minimum absolute atomic E-state index is 0. The van der Waals surface area contributed by atoms with E-state index in [-0.39, 0.29) is 24.8 Å². The van der Waals surface area contributed by atoms with Crippen molar-refractivity contribution in [2.45, 2.75) is 0 Å². The zero-order valence-corrected chi connectivity index (χ0v) is 11.1. The molecule has 0 spiro atoms. The van der Waals surface area contributed by atoms with Crippen molar-refractivity contribution in [2.75, 3.05) is 0 Å². The molecule has 0 radical (unpaired) electrons. The molecule has 0 N–H and O–H groups in total. The van der Waals surface area contributed by atoms with E-state index >= 15 is 0 Å². The molecule has 1 aromatic heterocycles. The number of halogens is 2. The molecule has 1 unspecified atom stereocenters. The summed E-state index contributed by atoms with van der Waals surface area (Å²) in [5.74, 6) is 2.35. The molecular formula is C8H6Cl2PZr. The number of hydrogen-bond acceptors (Lipinski definition) is 0. The SMILES string of the molecule is [Cl-].[Cl-].[Zr+2][c]1c[pH]c2ccccc12. The summed E-state index contributed by atoms with van der Waals surface area (Å²) >= 11 is 1.54. The molecule has 0 bridgehead atoms. The van der Waals surface area contributed by atoms with Crippen LogP contribution in [0, 0.1) is 0 Å². The normalized spacial score (nSPS) is 9.50. The third-order valence-electron chi connectivity index (χ3n) is 1.59. The van der Waals surface area contributed by atoms with Crippen molar-refractivity contribution in [1.82, 2.24) is 0 Å². The van der Waals surface area contributed by atoms with Crippen molar-refractivity contribution in [1.29, 1.82) is 0 Å². The quantitative estimate of drug-likeness (QED) is 0.465. The summed E-state index contributed by atoms with van der Waals surface area (Å²) in [5.41, 5.74) is 0. The van der Waals surface area contributed by atoms with Gasteiger partial charge in [-0.05, 0) is 0 Å². The van der Waals surface area contributed by atoms with Gasteiger partial charge in [0.1, 0.15) is 0 Å². The van der Waals surface area contributed by atoms with Gasteiger partial charge in [-0.1, -0.05) is 0 Å². The first-order chi connectivity index (χ1) is 4.88. The maximum absolute atomic E-state index is 2.35. The van der Waals surface area contributed by atoms with Crippen LogP contribution in [0.1, 0.15) is 0 Å². The molecule has 0 aliphatic rings. The van der Waals surface area contributed by atoms with Crippen molar-refractivity contribution in [3.63, 3.8) is 0 Å². The molecule has 2 aromatic rings. The van der Waals surface area contributed by atoms with Crippen LogP contribution in [0.5, 0.6) is 0 Å². The first kappa shape index (κ1) is 12.7. The van der Waals surface area contributed by atoms with Gasteiger partial charge in [-0.3, -0.25) is 0 Å². The zero-order chi connectivity index (χ0) is 6.97. The Balaban J connectivity index is 0.000000605. The minimum atomic E-state index is 0. The molecule has 0 aliphatic heterocycles. The van der Waals surface area contributed by atoms with E-state index in [0.29, 0.717) is 0 Å². The van der Waals surface area contributed by atoms with Crippen molar-refractivity contribution < 1.29 is 49.5 Å². The molecule has 0 saturated carbocycles. The zero-order valence-electron chi connectivity index (χ0n) is 6.14. The molecule has 1 heterocycles. The Morgan fingerprint density at radius 2 is 1.75 bits per heavy atom. The Labute approximate surface area is 101 Å². The van der Waals surface area contributed by atoms with Gasteiger partial charge < -0.3 is 24.8 Å². The van der Waals surface area contributed by atoms with Crippen LogP contribution in [0.25, 0.3) is 10.5 Å². The third kappa shape index (κ3) is 2.36. The molecule has 1 aromatic carbocycles. The predicted octanol–water partition coefficient (Wildman–Crippen LogP) is -3.95. The van der Waals surface area contributed by atoms with E-state index in [1.54, 1.807) is 24.7 Å². The van der Waals surface area contributed by atoms with Crippen LogP contribution in [-0.4, -0.2) is 0 Å². The van der Waals surface area contributed by atoms with Crippen LogP contribution in [0.3, 0.4) is 0 Å². The van der Waals surface area contributed by atoms with Crippen LogP contribution in [-0.2, 0) is 24.7 Å². The molecule has 0 aliphatic carbocycles. The van der Waals surface area contributed by atoms with Gasteiger partial charge in [-0.25, -0.2) is 0 Å². The monoisotopic (exact) mass is 293 g/mol. The first-order valence-electron chi connectivity index (χ1n) is 3.15. The predicted molar refractivity (Wildman–Crippen MR) is 43.1 cm³/mol. The summed E-state index contributed by atoms with van der Waals surface area (Å²) in [7, 11) is 0.921. The number of fused-ring (bicyclic) bond motifs is 1. The fraction of sp³-hybridized carbons (Fsp3) is 0. The summed E-state index contributed by atoms with van der Waals surface area (Å²) < 4.78 is 1.53. The van der Waals surface area contributed by atoms with Crippen molar-refractivity contribution in [3.05, 3.63) is 30.1 Å². The van der Waals surface area contributed by atoms with Crippen LogP contribution >= 0.6 is 8.19 Å². The Morgan fingerprint density at radius 3 is 2.42 bits per heavy atom. The van der Waals surface area contributed by atoms with E-state index in [9.17, 15) is 0 Å².